The largest absolute Gasteiger partial charge is 0.289 e. The van der Waals surface area contributed by atoms with E-state index in [1.165, 1.54) is 6.08 Å². The van der Waals surface area contributed by atoms with E-state index in [0.29, 0.717) is 10.6 Å². The first-order chi connectivity index (χ1) is 7.19. The van der Waals surface area contributed by atoms with Gasteiger partial charge in [-0.1, -0.05) is 39.0 Å². The van der Waals surface area contributed by atoms with E-state index in [4.69, 9.17) is 11.6 Å². The molecule has 1 aromatic carbocycles. The number of hydrogen-bond donors (Lipinski definition) is 0. The predicted octanol–water partition coefficient (Wildman–Crippen LogP) is 4.30. The monoisotopic (exact) mass is 224 g/mol. The fourth-order valence-corrected chi connectivity index (χ4v) is 1.40. The predicted molar refractivity (Wildman–Crippen MR) is 66.7 cm³/mol. The molecule has 0 saturated heterocycles. The van der Waals surface area contributed by atoms with Crippen LogP contribution >= 0.6 is 11.6 Å². The summed E-state index contributed by atoms with van der Waals surface area (Å²) in [6.07, 6.45) is 2.12. The average molecular weight is 225 g/mol. The topological polar surface area (TPSA) is 17.1 Å². The third-order valence-electron chi connectivity index (χ3n) is 1.90. The molecule has 0 aliphatic rings. The number of rotatable bonds is 3. The second-order valence-corrected chi connectivity index (χ2v) is 3.16. The standard InChI is InChI=1S/C11H11ClO.C2H6/c1-3-8-7-9(12)5-6-10(8)11(13)4-2;1-2/h4-7H,2-3H2,1H3;1-2H3. The minimum Gasteiger partial charge on any atom is -0.289 e. The van der Waals surface area contributed by atoms with Gasteiger partial charge in [-0.2, -0.15) is 0 Å². The zero-order valence-electron chi connectivity index (χ0n) is 9.51. The number of allylic oxidation sites excluding steroid dienone is 1. The molecule has 2 heteroatoms. The zero-order valence-corrected chi connectivity index (χ0v) is 10.3. The van der Waals surface area contributed by atoms with Gasteiger partial charge in [0.15, 0.2) is 5.78 Å². The number of carbonyl (C=O) groups is 1. The molecule has 82 valence electrons. The lowest BCUT2D eigenvalue weighted by Crippen LogP contribution is -1.99. The molecule has 0 aliphatic heterocycles. The smallest absolute Gasteiger partial charge is 0.185 e. The molecule has 1 rings (SSSR count). The molecule has 1 nitrogen and oxygen atoms in total. The second kappa shape index (κ2) is 7.24. The minimum absolute atomic E-state index is 0.0477. The summed E-state index contributed by atoms with van der Waals surface area (Å²) in [7, 11) is 0. The van der Waals surface area contributed by atoms with Gasteiger partial charge in [0.25, 0.3) is 0 Å². The molecule has 0 bridgehead atoms. The average Bonchev–Trinajstić information content (AvgIpc) is 2.30. The molecular formula is C13H17ClO. The van der Waals surface area contributed by atoms with Crippen molar-refractivity contribution in [1.29, 1.82) is 0 Å². The van der Waals surface area contributed by atoms with Gasteiger partial charge in [0.2, 0.25) is 0 Å². The van der Waals surface area contributed by atoms with Gasteiger partial charge in [-0.3, -0.25) is 4.79 Å². The third kappa shape index (κ3) is 3.88. The first kappa shape index (κ1) is 13.9. The molecule has 0 aliphatic carbocycles. The Hall–Kier alpha value is -1.08. The third-order valence-corrected chi connectivity index (χ3v) is 2.13. The van der Waals surface area contributed by atoms with Crippen LogP contribution < -0.4 is 0 Å². The summed E-state index contributed by atoms with van der Waals surface area (Å²) in [5, 5.41) is 0.664. The summed E-state index contributed by atoms with van der Waals surface area (Å²) in [4.78, 5) is 11.3. The summed E-state index contributed by atoms with van der Waals surface area (Å²) in [5.74, 6) is -0.0477. The summed E-state index contributed by atoms with van der Waals surface area (Å²) in [6.45, 7) is 9.44. The maximum atomic E-state index is 11.3. The molecule has 0 aromatic heterocycles. The van der Waals surface area contributed by atoms with Gasteiger partial charge in [0, 0.05) is 10.6 Å². The van der Waals surface area contributed by atoms with Crippen LogP contribution in [0.1, 0.15) is 36.7 Å². The zero-order chi connectivity index (χ0) is 11.8. The SMILES string of the molecule is C=CC(=O)c1ccc(Cl)cc1CC.CC. The number of halogens is 1. The lowest BCUT2D eigenvalue weighted by molar-refractivity contribution is 0.104. The molecule has 0 amide bonds. The lowest BCUT2D eigenvalue weighted by atomic mass is 10.0. The van der Waals surface area contributed by atoms with Crippen molar-refractivity contribution in [2.75, 3.05) is 0 Å². The lowest BCUT2D eigenvalue weighted by Gasteiger charge is -2.04. The Labute approximate surface area is 96.8 Å². The molecule has 0 unspecified atom stereocenters. The number of hydrogen-bond acceptors (Lipinski definition) is 1. The van der Waals surface area contributed by atoms with Crippen molar-refractivity contribution < 1.29 is 4.79 Å². The van der Waals surface area contributed by atoms with Gasteiger partial charge in [-0.25, -0.2) is 0 Å². The highest BCUT2D eigenvalue weighted by atomic mass is 35.5. The quantitative estimate of drug-likeness (QED) is 0.553. The fourth-order valence-electron chi connectivity index (χ4n) is 1.21. The van der Waals surface area contributed by atoms with Crippen LogP contribution in [-0.2, 0) is 6.42 Å². The Kier molecular flexibility index (Phi) is 6.72. The Bertz CT molecular complexity index is 342. The van der Waals surface area contributed by atoms with Crippen molar-refractivity contribution in [2.45, 2.75) is 27.2 Å². The van der Waals surface area contributed by atoms with Crippen LogP contribution in [0.5, 0.6) is 0 Å². The highest BCUT2D eigenvalue weighted by Gasteiger charge is 2.06. The molecule has 0 fully saturated rings. The van der Waals surface area contributed by atoms with Crippen molar-refractivity contribution in [1.82, 2.24) is 0 Å². The Morgan fingerprint density at radius 2 is 2.07 bits per heavy atom. The van der Waals surface area contributed by atoms with Crippen LogP contribution in [0.4, 0.5) is 0 Å². The number of carbonyl (C=O) groups excluding carboxylic acids is 1. The van der Waals surface area contributed by atoms with Gasteiger partial charge in [-0.05, 0) is 36.3 Å². The normalized spacial score (nSPS) is 8.80. The Balaban J connectivity index is 0.000000921. The van der Waals surface area contributed by atoms with Gasteiger partial charge in [-0.15, -0.1) is 0 Å². The van der Waals surface area contributed by atoms with Crippen molar-refractivity contribution >= 4 is 17.4 Å². The van der Waals surface area contributed by atoms with E-state index in [0.717, 1.165) is 12.0 Å². The molecule has 15 heavy (non-hydrogen) atoms. The van der Waals surface area contributed by atoms with Crippen LogP contribution in [0.15, 0.2) is 30.9 Å². The Morgan fingerprint density at radius 1 is 1.47 bits per heavy atom. The molecule has 0 saturated carbocycles. The van der Waals surface area contributed by atoms with E-state index >= 15 is 0 Å². The molecule has 0 heterocycles. The van der Waals surface area contributed by atoms with Crippen LogP contribution in [0.3, 0.4) is 0 Å². The first-order valence-corrected chi connectivity index (χ1v) is 5.52. The van der Waals surface area contributed by atoms with E-state index < -0.39 is 0 Å². The fraction of sp³-hybridized carbons (Fsp3) is 0.308. The van der Waals surface area contributed by atoms with E-state index in [1.807, 2.05) is 26.8 Å². The van der Waals surface area contributed by atoms with E-state index in [2.05, 4.69) is 6.58 Å². The molecule has 0 N–H and O–H groups in total. The molecule has 0 spiro atoms. The van der Waals surface area contributed by atoms with Crippen molar-refractivity contribution in [2.24, 2.45) is 0 Å². The highest BCUT2D eigenvalue weighted by Crippen LogP contribution is 2.17. The van der Waals surface area contributed by atoms with Gasteiger partial charge in [0.1, 0.15) is 0 Å². The maximum absolute atomic E-state index is 11.3. The number of ketones is 1. The molecular weight excluding hydrogens is 208 g/mol. The summed E-state index contributed by atoms with van der Waals surface area (Å²) in [5.41, 5.74) is 1.67. The Morgan fingerprint density at radius 3 is 2.53 bits per heavy atom. The maximum Gasteiger partial charge on any atom is 0.185 e. The van der Waals surface area contributed by atoms with Gasteiger partial charge < -0.3 is 0 Å². The number of benzene rings is 1. The second-order valence-electron chi connectivity index (χ2n) is 2.72. The van der Waals surface area contributed by atoms with Crippen molar-refractivity contribution in [3.05, 3.63) is 47.0 Å². The van der Waals surface area contributed by atoms with Gasteiger partial charge in [0.05, 0.1) is 0 Å². The van der Waals surface area contributed by atoms with Gasteiger partial charge >= 0.3 is 0 Å². The van der Waals surface area contributed by atoms with E-state index in [9.17, 15) is 4.79 Å². The molecule has 0 radical (unpaired) electrons. The van der Waals surface area contributed by atoms with Crippen LogP contribution in [0.2, 0.25) is 5.02 Å². The van der Waals surface area contributed by atoms with Crippen LogP contribution in [-0.4, -0.2) is 5.78 Å². The van der Waals surface area contributed by atoms with Crippen molar-refractivity contribution in [3.8, 4) is 0 Å². The summed E-state index contributed by atoms with van der Waals surface area (Å²) < 4.78 is 0. The summed E-state index contributed by atoms with van der Waals surface area (Å²) >= 11 is 5.81. The van der Waals surface area contributed by atoms with Crippen LogP contribution in [0, 0.1) is 0 Å². The van der Waals surface area contributed by atoms with Crippen molar-refractivity contribution in [3.63, 3.8) is 0 Å². The molecule has 0 atom stereocenters. The van der Waals surface area contributed by atoms with E-state index in [1.54, 1.807) is 12.1 Å². The minimum atomic E-state index is -0.0477. The summed E-state index contributed by atoms with van der Waals surface area (Å²) in [6, 6.07) is 5.28. The van der Waals surface area contributed by atoms with E-state index in [-0.39, 0.29) is 5.78 Å². The molecule has 1 aromatic rings. The first-order valence-electron chi connectivity index (χ1n) is 5.14. The van der Waals surface area contributed by atoms with Crippen LogP contribution in [0.25, 0.3) is 0 Å². The highest BCUT2D eigenvalue weighted by molar-refractivity contribution is 6.30. The number of aryl methyl sites for hydroxylation is 1.